The number of nitrogens with one attached hydrogen (secondary N) is 3. The highest BCUT2D eigenvalue weighted by atomic mass is 16.7. The Morgan fingerprint density at radius 2 is 1.61 bits per heavy atom. The minimum atomic E-state index is -1.48. The SMILES string of the molecule is C[C@H](NC(=O)CCN1C(=O)C=CC1=O)C(=O)N[C@@H](C)C(=O)Nc1cc(Cc2ccc([C@@H]3O[C@@H]4C[C@H]5[C@@H]6CCC7=CC(=O)C=C[C@]7(C)[C@H]6[C@@H](O)C[C@]5(C)[C@]4(C(=O)CO)O3)cc2)ccc1O. The van der Waals surface area contributed by atoms with E-state index in [9.17, 15) is 48.9 Å². The lowest BCUT2D eigenvalue weighted by Gasteiger charge is -2.59. The van der Waals surface area contributed by atoms with Gasteiger partial charge in [0, 0.05) is 47.4 Å². The normalized spacial score (nSPS) is 32.2. The predicted octanol–water partition coefficient (Wildman–Crippen LogP) is 2.85. The van der Waals surface area contributed by atoms with Crippen LogP contribution in [-0.4, -0.2) is 104 Å². The Bertz CT molecular complexity index is 2380. The molecule has 0 spiro atoms. The fourth-order valence-corrected chi connectivity index (χ4v) is 11.5. The molecule has 1 saturated heterocycles. The van der Waals surface area contributed by atoms with E-state index in [0.717, 1.165) is 46.6 Å². The third kappa shape index (κ3) is 7.69. The molecule has 11 atom stereocenters. The Balaban J connectivity index is 0.882. The Kier molecular flexibility index (Phi) is 11.9. The van der Waals surface area contributed by atoms with Gasteiger partial charge in [0.05, 0.1) is 17.9 Å². The molecule has 2 heterocycles. The van der Waals surface area contributed by atoms with E-state index in [4.69, 9.17) is 9.47 Å². The number of Topliss-reactive ketones (excluding diaryl/α,β-unsaturated/α-hetero) is 1. The lowest BCUT2D eigenvalue weighted by Crippen LogP contribution is -2.63. The monoisotopic (exact) mass is 878 g/mol. The second-order valence-electron chi connectivity index (χ2n) is 18.5. The maximum absolute atomic E-state index is 14.0. The summed E-state index contributed by atoms with van der Waals surface area (Å²) >= 11 is 0. The van der Waals surface area contributed by atoms with Gasteiger partial charge in [-0.15, -0.1) is 0 Å². The summed E-state index contributed by atoms with van der Waals surface area (Å²) in [5, 5.41) is 40.6. The zero-order valence-electron chi connectivity index (χ0n) is 36.2. The minimum Gasteiger partial charge on any atom is -0.506 e. The fourth-order valence-electron chi connectivity index (χ4n) is 11.5. The molecule has 0 unspecified atom stereocenters. The zero-order valence-corrected chi connectivity index (χ0v) is 36.2. The van der Waals surface area contributed by atoms with Crippen molar-refractivity contribution in [2.75, 3.05) is 18.5 Å². The molecular weight excluding hydrogens is 825 g/mol. The van der Waals surface area contributed by atoms with E-state index in [1.807, 2.05) is 37.3 Å². The Labute approximate surface area is 370 Å². The van der Waals surface area contributed by atoms with Crippen molar-refractivity contribution in [3.8, 4) is 5.75 Å². The van der Waals surface area contributed by atoms with Crippen LogP contribution in [0.1, 0.15) is 82.8 Å². The van der Waals surface area contributed by atoms with Crippen LogP contribution in [0.5, 0.6) is 5.75 Å². The number of phenolic OH excluding ortho intramolecular Hbond substituents is 1. The second-order valence-corrected chi connectivity index (χ2v) is 18.5. The second kappa shape index (κ2) is 17.0. The highest BCUT2D eigenvalue weighted by Crippen LogP contribution is 2.70. The molecule has 0 radical (unpaired) electrons. The number of ether oxygens (including phenoxy) is 2. The van der Waals surface area contributed by atoms with E-state index in [2.05, 4.69) is 22.9 Å². The van der Waals surface area contributed by atoms with Gasteiger partial charge in [-0.05, 0) is 93.2 Å². The Morgan fingerprint density at radius 3 is 2.31 bits per heavy atom. The van der Waals surface area contributed by atoms with Crippen molar-refractivity contribution in [3.63, 3.8) is 0 Å². The van der Waals surface area contributed by atoms with Crippen LogP contribution in [0, 0.1) is 28.6 Å². The van der Waals surface area contributed by atoms with Gasteiger partial charge in [0.1, 0.15) is 24.4 Å². The molecule has 338 valence electrons. The van der Waals surface area contributed by atoms with Crippen molar-refractivity contribution in [2.24, 2.45) is 28.6 Å². The Hall–Kier alpha value is -5.81. The van der Waals surface area contributed by atoms with Crippen LogP contribution in [-0.2, 0) is 49.5 Å². The van der Waals surface area contributed by atoms with Gasteiger partial charge in [0.2, 0.25) is 17.7 Å². The number of carbonyl (C=O) groups is 7. The van der Waals surface area contributed by atoms with E-state index >= 15 is 0 Å². The number of carbonyl (C=O) groups excluding carboxylic acids is 7. The molecule has 4 aliphatic carbocycles. The maximum Gasteiger partial charge on any atom is 0.253 e. The number of amides is 5. The van der Waals surface area contributed by atoms with Crippen molar-refractivity contribution in [1.82, 2.24) is 15.5 Å². The number of phenols is 1. The smallest absolute Gasteiger partial charge is 0.253 e. The molecule has 16 nitrogen and oxygen atoms in total. The summed E-state index contributed by atoms with van der Waals surface area (Å²) < 4.78 is 13.3. The van der Waals surface area contributed by atoms with Crippen molar-refractivity contribution < 1.29 is 58.4 Å². The number of hydrogen-bond acceptors (Lipinski definition) is 12. The molecule has 4 fully saturated rings. The number of anilines is 1. The summed E-state index contributed by atoms with van der Waals surface area (Å²) in [4.78, 5) is 88.9. The van der Waals surface area contributed by atoms with Gasteiger partial charge in [-0.3, -0.25) is 38.5 Å². The average molecular weight is 879 g/mol. The van der Waals surface area contributed by atoms with Crippen LogP contribution in [0.25, 0.3) is 0 Å². The van der Waals surface area contributed by atoms with Crippen molar-refractivity contribution in [2.45, 2.75) is 102 Å². The van der Waals surface area contributed by atoms with Gasteiger partial charge in [0.25, 0.3) is 11.8 Å². The summed E-state index contributed by atoms with van der Waals surface area (Å²) in [7, 11) is 0. The third-order valence-electron chi connectivity index (χ3n) is 14.8. The number of fused-ring (bicyclic) bond motifs is 7. The quantitative estimate of drug-likeness (QED) is 0.126. The summed E-state index contributed by atoms with van der Waals surface area (Å²) in [6, 6.07) is 10.2. The lowest BCUT2D eigenvalue weighted by molar-refractivity contribution is -0.201. The van der Waals surface area contributed by atoms with Crippen LogP contribution in [0.3, 0.4) is 0 Å². The summed E-state index contributed by atoms with van der Waals surface area (Å²) in [5.74, 6) is -3.71. The number of aliphatic hydroxyl groups excluding tert-OH is 2. The molecule has 0 bridgehead atoms. The molecule has 0 aromatic heterocycles. The van der Waals surface area contributed by atoms with Crippen LogP contribution >= 0.6 is 0 Å². The first-order valence-corrected chi connectivity index (χ1v) is 21.8. The molecule has 2 aliphatic heterocycles. The molecule has 6 aliphatic rings. The number of aliphatic hydroxyl groups is 2. The summed E-state index contributed by atoms with van der Waals surface area (Å²) in [5.41, 5.74) is 0.674. The molecule has 6 N–H and O–H groups in total. The van der Waals surface area contributed by atoms with Crippen LogP contribution in [0.15, 0.2) is 78.4 Å². The highest BCUT2D eigenvalue weighted by Gasteiger charge is 2.76. The number of hydrogen-bond donors (Lipinski definition) is 6. The van der Waals surface area contributed by atoms with E-state index in [0.29, 0.717) is 18.4 Å². The fraction of sp³-hybridized carbons (Fsp3) is 0.479. The largest absolute Gasteiger partial charge is 0.506 e. The van der Waals surface area contributed by atoms with E-state index < -0.39 is 88.9 Å². The van der Waals surface area contributed by atoms with Crippen LogP contribution < -0.4 is 16.0 Å². The van der Waals surface area contributed by atoms with Gasteiger partial charge in [-0.2, -0.15) is 0 Å². The first-order valence-electron chi connectivity index (χ1n) is 21.8. The number of rotatable bonds is 13. The van der Waals surface area contributed by atoms with Crippen molar-refractivity contribution in [1.29, 1.82) is 0 Å². The van der Waals surface area contributed by atoms with Crippen LogP contribution in [0.4, 0.5) is 5.69 Å². The highest BCUT2D eigenvalue weighted by molar-refractivity contribution is 6.13. The van der Waals surface area contributed by atoms with Gasteiger partial charge >= 0.3 is 0 Å². The van der Waals surface area contributed by atoms with Gasteiger partial charge in [-0.25, -0.2) is 0 Å². The molecule has 2 aromatic rings. The molecule has 5 amide bonds. The van der Waals surface area contributed by atoms with Gasteiger partial charge in [0.15, 0.2) is 23.5 Å². The number of allylic oxidation sites excluding steroid dienone is 4. The van der Waals surface area contributed by atoms with Crippen LogP contribution in [0.2, 0.25) is 0 Å². The topological polar surface area (TPSA) is 238 Å². The maximum atomic E-state index is 14.0. The average Bonchev–Trinajstić information content (AvgIpc) is 3.88. The molecule has 16 heteroatoms. The third-order valence-corrected chi connectivity index (χ3v) is 14.8. The molecule has 64 heavy (non-hydrogen) atoms. The van der Waals surface area contributed by atoms with Crippen molar-refractivity contribution in [3.05, 3.63) is 95.1 Å². The number of benzene rings is 2. The predicted molar refractivity (Wildman–Crippen MR) is 229 cm³/mol. The molecular formula is C48H54N4O12. The number of imide groups is 1. The van der Waals surface area contributed by atoms with E-state index in [-0.39, 0.29) is 54.4 Å². The zero-order chi connectivity index (χ0) is 45.9. The first-order chi connectivity index (χ1) is 30.4. The first kappa shape index (κ1) is 44.8. The van der Waals surface area contributed by atoms with Crippen molar-refractivity contribution >= 4 is 46.8 Å². The Morgan fingerprint density at radius 1 is 0.922 bits per heavy atom. The molecule has 3 saturated carbocycles. The lowest BCUT2D eigenvalue weighted by atomic mass is 9.46. The summed E-state index contributed by atoms with van der Waals surface area (Å²) in [6.07, 6.45) is 7.62. The number of aromatic hydroxyl groups is 1. The van der Waals surface area contributed by atoms with Gasteiger partial charge in [-0.1, -0.05) is 55.8 Å². The summed E-state index contributed by atoms with van der Waals surface area (Å²) in [6.45, 7) is 6.09. The van der Waals surface area contributed by atoms with Gasteiger partial charge < -0.3 is 40.7 Å². The minimum absolute atomic E-state index is 0.0297. The number of nitrogens with zero attached hydrogens (tertiary/aromatic N) is 1. The standard InChI is InChI=1S/C48H54N4O12/c1-25(49-39(58)16-18-52-40(59)13-14-41(52)60)43(61)50-26(2)44(62)51-34-20-28(7-12-35(34)55)19-27-5-8-29(9-6-27)45-63-38-22-33-32-11-10-30-21-31(54)15-17-46(30,3)42(32)36(56)23-47(33,4)48(38,64-45)37(57)24-53/h5-9,12-15,17,20-21,25-26,32-33,36,38,42,45,53,55-56H,10-11,16,18-19,22-24H2,1-4H3,(H,49,58)(H,50,61)(H,51,62)/t25-,26-,32-,33-,36-,38+,42+,45+,46-,47-,48+/m0/s1. The van der Waals surface area contributed by atoms with E-state index in [1.165, 1.54) is 19.9 Å². The van der Waals surface area contributed by atoms with E-state index in [1.54, 1.807) is 24.3 Å². The number of ketones is 2. The molecule has 8 rings (SSSR count). The molecule has 2 aromatic carbocycles.